The number of rotatable bonds is 2. The van der Waals surface area contributed by atoms with Crippen LogP contribution in [-0.2, 0) is 11.1 Å². The standard InChI is InChI=1S/C8H8O2S.K/c1-2-7-5-3-4-6-8(7)11(9)10;/h2-6H,1H2,(H,9,10);. The smallest absolute Gasteiger partial charge is 0.187 e. The van der Waals surface area contributed by atoms with E-state index in [-0.39, 0.29) is 51.4 Å². The first-order valence-corrected chi connectivity index (χ1v) is 4.18. The molecule has 1 N–H and O–H groups in total. The summed E-state index contributed by atoms with van der Waals surface area (Å²) in [6.45, 7) is 3.53. The second-order valence-electron chi connectivity index (χ2n) is 1.99. The number of hydrogen-bond donors (Lipinski definition) is 1. The van der Waals surface area contributed by atoms with Gasteiger partial charge in [0, 0.05) is 51.4 Å². The van der Waals surface area contributed by atoms with E-state index in [2.05, 4.69) is 6.58 Å². The molecule has 1 atom stereocenters. The summed E-state index contributed by atoms with van der Waals surface area (Å²) in [6.07, 6.45) is 1.56. The largest absolute Gasteiger partial charge is 0.302 e. The van der Waals surface area contributed by atoms with Gasteiger partial charge in [-0.1, -0.05) is 30.9 Å². The molecule has 12 heavy (non-hydrogen) atoms. The Kier molecular flexibility index (Phi) is 6.57. The molecule has 1 radical (unpaired) electrons. The molecule has 2 nitrogen and oxygen atoms in total. The molecule has 59 valence electrons. The molecule has 1 aromatic rings. The van der Waals surface area contributed by atoms with Crippen molar-refractivity contribution in [1.82, 2.24) is 0 Å². The van der Waals surface area contributed by atoms with E-state index in [9.17, 15) is 4.21 Å². The van der Waals surface area contributed by atoms with Crippen molar-refractivity contribution in [2.24, 2.45) is 0 Å². The summed E-state index contributed by atoms with van der Waals surface area (Å²) in [5.41, 5.74) is 0.702. The van der Waals surface area contributed by atoms with Crippen LogP contribution in [0.25, 0.3) is 6.08 Å². The zero-order chi connectivity index (χ0) is 8.27. The third-order valence-electron chi connectivity index (χ3n) is 1.33. The zero-order valence-corrected chi connectivity index (χ0v) is 10.8. The van der Waals surface area contributed by atoms with Crippen LogP contribution in [0.1, 0.15) is 5.56 Å². The normalized spacial score (nSPS) is 11.4. The number of hydrogen-bond acceptors (Lipinski definition) is 1. The summed E-state index contributed by atoms with van der Waals surface area (Å²) in [5.74, 6) is 0. The molecule has 4 heteroatoms. The maximum atomic E-state index is 10.6. The summed E-state index contributed by atoms with van der Waals surface area (Å²) < 4.78 is 19.4. The monoisotopic (exact) mass is 207 g/mol. The molecule has 1 unspecified atom stereocenters. The van der Waals surface area contributed by atoms with E-state index in [0.29, 0.717) is 10.5 Å². The molecule has 1 aromatic carbocycles. The van der Waals surface area contributed by atoms with Gasteiger partial charge in [-0.25, -0.2) is 4.21 Å². The second-order valence-corrected chi connectivity index (χ2v) is 2.93. The van der Waals surface area contributed by atoms with E-state index in [4.69, 9.17) is 4.55 Å². The van der Waals surface area contributed by atoms with Gasteiger partial charge in [0.2, 0.25) is 0 Å². The van der Waals surface area contributed by atoms with Crippen molar-refractivity contribution >= 4 is 68.5 Å². The van der Waals surface area contributed by atoms with Gasteiger partial charge in [0.05, 0.1) is 4.90 Å². The van der Waals surface area contributed by atoms with E-state index in [0.717, 1.165) is 0 Å². The van der Waals surface area contributed by atoms with Crippen LogP contribution in [0.4, 0.5) is 0 Å². The Bertz CT molecular complexity index is 299. The molecule has 0 aliphatic rings. The zero-order valence-electron chi connectivity index (χ0n) is 6.86. The van der Waals surface area contributed by atoms with Crippen LogP contribution in [0.2, 0.25) is 0 Å². The van der Waals surface area contributed by atoms with Crippen molar-refractivity contribution in [2.75, 3.05) is 0 Å². The van der Waals surface area contributed by atoms with Crippen LogP contribution >= 0.6 is 0 Å². The van der Waals surface area contributed by atoms with Gasteiger partial charge >= 0.3 is 0 Å². The van der Waals surface area contributed by atoms with Crippen LogP contribution in [-0.4, -0.2) is 60.1 Å². The van der Waals surface area contributed by atoms with Crippen molar-refractivity contribution in [2.45, 2.75) is 4.90 Å². The fourth-order valence-corrected chi connectivity index (χ4v) is 1.36. The van der Waals surface area contributed by atoms with Crippen molar-refractivity contribution in [1.29, 1.82) is 0 Å². The van der Waals surface area contributed by atoms with Crippen LogP contribution in [0, 0.1) is 0 Å². The van der Waals surface area contributed by atoms with E-state index < -0.39 is 11.1 Å². The Morgan fingerprint density at radius 2 is 2.00 bits per heavy atom. The fourth-order valence-electron chi connectivity index (χ4n) is 0.808. The predicted molar refractivity (Wildman–Crippen MR) is 51.3 cm³/mol. The first kappa shape index (κ1) is 12.7. The van der Waals surface area contributed by atoms with Gasteiger partial charge in [-0.2, -0.15) is 0 Å². The fraction of sp³-hybridized carbons (Fsp3) is 0. The molecular weight excluding hydrogens is 199 g/mol. The maximum Gasteiger partial charge on any atom is 0.187 e. The molecule has 0 aromatic heterocycles. The summed E-state index contributed by atoms with van der Waals surface area (Å²) in [5, 5.41) is 0. The minimum absolute atomic E-state index is 0. The van der Waals surface area contributed by atoms with E-state index >= 15 is 0 Å². The summed E-state index contributed by atoms with van der Waals surface area (Å²) in [4.78, 5) is 0.405. The van der Waals surface area contributed by atoms with Gasteiger partial charge in [-0.15, -0.1) is 0 Å². The van der Waals surface area contributed by atoms with Gasteiger partial charge in [0.25, 0.3) is 0 Å². The van der Waals surface area contributed by atoms with Crippen molar-refractivity contribution < 1.29 is 8.76 Å². The molecule has 0 saturated heterocycles. The average molecular weight is 207 g/mol. The van der Waals surface area contributed by atoms with Crippen LogP contribution < -0.4 is 0 Å². The summed E-state index contributed by atoms with van der Waals surface area (Å²) in [7, 11) is 0. The number of benzene rings is 1. The molecule has 0 aliphatic heterocycles. The molecule has 0 aliphatic carbocycles. The Morgan fingerprint density at radius 1 is 1.42 bits per heavy atom. The average Bonchev–Trinajstić information content (AvgIpc) is 2.04. The van der Waals surface area contributed by atoms with Crippen LogP contribution in [0.5, 0.6) is 0 Å². The minimum Gasteiger partial charge on any atom is -0.302 e. The molecular formula is C8H8KO2S. The van der Waals surface area contributed by atoms with Crippen LogP contribution in [0.3, 0.4) is 0 Å². The van der Waals surface area contributed by atoms with Crippen molar-refractivity contribution in [3.8, 4) is 0 Å². The molecule has 0 heterocycles. The summed E-state index contributed by atoms with van der Waals surface area (Å²) in [6, 6.07) is 6.87. The molecule has 0 spiro atoms. The topological polar surface area (TPSA) is 37.3 Å². The third kappa shape index (κ3) is 3.22. The van der Waals surface area contributed by atoms with Crippen LogP contribution in [0.15, 0.2) is 35.7 Å². The van der Waals surface area contributed by atoms with Gasteiger partial charge < -0.3 is 4.55 Å². The quantitative estimate of drug-likeness (QED) is 0.590. The molecule has 0 bridgehead atoms. The first-order chi connectivity index (χ1) is 5.25. The third-order valence-corrected chi connectivity index (χ3v) is 2.08. The van der Waals surface area contributed by atoms with Gasteiger partial charge in [0.15, 0.2) is 11.1 Å². The predicted octanol–water partition coefficient (Wildman–Crippen LogP) is 1.53. The van der Waals surface area contributed by atoms with Gasteiger partial charge in [0.1, 0.15) is 0 Å². The molecule has 1 rings (SSSR count). The van der Waals surface area contributed by atoms with E-state index in [1.54, 1.807) is 30.3 Å². The van der Waals surface area contributed by atoms with Gasteiger partial charge in [-0.3, -0.25) is 0 Å². The first-order valence-electron chi connectivity index (χ1n) is 3.08. The minimum atomic E-state index is -1.91. The van der Waals surface area contributed by atoms with E-state index in [1.807, 2.05) is 0 Å². The Labute approximate surface area is 117 Å². The molecule has 0 fully saturated rings. The Balaban J connectivity index is 0.00000121. The van der Waals surface area contributed by atoms with E-state index in [1.165, 1.54) is 0 Å². The Morgan fingerprint density at radius 3 is 2.42 bits per heavy atom. The second kappa shape index (κ2) is 6.20. The maximum absolute atomic E-state index is 10.6. The van der Waals surface area contributed by atoms with Crippen molar-refractivity contribution in [3.63, 3.8) is 0 Å². The molecule has 0 amide bonds. The Hall–Kier alpha value is 0.706. The molecule has 0 saturated carbocycles. The van der Waals surface area contributed by atoms with Gasteiger partial charge in [-0.05, 0) is 11.6 Å². The SMILES string of the molecule is C=Cc1ccccc1S(=O)O.[K]. The summed E-state index contributed by atoms with van der Waals surface area (Å²) >= 11 is -1.91. The van der Waals surface area contributed by atoms with Crippen molar-refractivity contribution in [3.05, 3.63) is 36.4 Å².